The van der Waals surface area contributed by atoms with Gasteiger partial charge in [0, 0.05) is 22.8 Å². The molecule has 5 rings (SSSR count). The van der Waals surface area contributed by atoms with Crippen LogP contribution in [0.4, 0.5) is 0 Å². The third-order valence-electron chi connectivity index (χ3n) is 5.54. The van der Waals surface area contributed by atoms with Crippen LogP contribution in [-0.4, -0.2) is 29.7 Å². The van der Waals surface area contributed by atoms with E-state index in [-0.39, 0.29) is 10.8 Å². The van der Waals surface area contributed by atoms with Crippen molar-refractivity contribution in [3.05, 3.63) is 87.0 Å². The smallest absolute Gasteiger partial charge is 0.259 e. The van der Waals surface area contributed by atoms with Crippen molar-refractivity contribution in [3.8, 4) is 11.4 Å². The molecule has 0 aliphatic carbocycles. The number of benzene rings is 1. The van der Waals surface area contributed by atoms with Crippen molar-refractivity contribution >= 4 is 33.3 Å². The molecule has 4 aromatic heterocycles. The molecular weight excluding hydrogens is 452 g/mol. The van der Waals surface area contributed by atoms with Crippen molar-refractivity contribution in [3.63, 3.8) is 0 Å². The van der Waals surface area contributed by atoms with E-state index < -0.39 is 0 Å². The average Bonchev–Trinajstić information content (AvgIpc) is 3.35. The highest BCUT2D eigenvalue weighted by Gasteiger charge is 2.21. The summed E-state index contributed by atoms with van der Waals surface area (Å²) in [5.74, 6) is 1.39. The van der Waals surface area contributed by atoms with Gasteiger partial charge in [0.25, 0.3) is 5.56 Å². The van der Waals surface area contributed by atoms with E-state index in [9.17, 15) is 4.79 Å². The SMILES string of the molecule is Cc1sc2nc(C(C)Sc3nnc(-c4cccnc4)n3Cc3ccccc3)[nH]c(=O)c2c1C. The third kappa shape index (κ3) is 4.21. The molecule has 5 aromatic rings. The Kier molecular flexibility index (Phi) is 5.82. The molecule has 1 N–H and O–H groups in total. The van der Waals surface area contributed by atoms with E-state index >= 15 is 0 Å². The van der Waals surface area contributed by atoms with Crippen molar-refractivity contribution in [2.75, 3.05) is 0 Å². The zero-order valence-corrected chi connectivity index (χ0v) is 20.1. The minimum absolute atomic E-state index is 0.0916. The standard InChI is InChI=1S/C24H22N6OS2/c1-14-15(2)32-23-19(14)22(31)26-20(27-23)16(3)33-24-29-28-21(18-10-7-11-25-12-18)30(24)13-17-8-5-4-6-9-17/h4-12,16H,13H2,1-3H3,(H,26,27,31). The van der Waals surface area contributed by atoms with Crippen LogP contribution >= 0.6 is 23.1 Å². The Labute approximate surface area is 199 Å². The summed E-state index contributed by atoms with van der Waals surface area (Å²) in [6.07, 6.45) is 3.53. The molecule has 0 spiro atoms. The van der Waals surface area contributed by atoms with Crippen molar-refractivity contribution in [1.82, 2.24) is 29.7 Å². The summed E-state index contributed by atoms with van der Waals surface area (Å²) >= 11 is 3.08. The van der Waals surface area contributed by atoms with Crippen LogP contribution in [0.3, 0.4) is 0 Å². The molecule has 0 aliphatic heterocycles. The van der Waals surface area contributed by atoms with Crippen LogP contribution < -0.4 is 5.56 Å². The number of nitrogens with one attached hydrogen (secondary N) is 1. The van der Waals surface area contributed by atoms with Gasteiger partial charge >= 0.3 is 0 Å². The number of hydrogen-bond donors (Lipinski definition) is 1. The number of rotatable bonds is 6. The van der Waals surface area contributed by atoms with Crippen LogP contribution in [0.15, 0.2) is 64.8 Å². The Morgan fingerprint density at radius 2 is 1.94 bits per heavy atom. The molecule has 33 heavy (non-hydrogen) atoms. The van der Waals surface area contributed by atoms with E-state index in [0.717, 1.165) is 37.4 Å². The van der Waals surface area contributed by atoms with Gasteiger partial charge in [0.2, 0.25) is 0 Å². The second-order valence-electron chi connectivity index (χ2n) is 7.79. The van der Waals surface area contributed by atoms with E-state index in [1.165, 1.54) is 11.8 Å². The lowest BCUT2D eigenvalue weighted by Crippen LogP contribution is -2.13. The third-order valence-corrected chi connectivity index (χ3v) is 7.74. The predicted octanol–water partition coefficient (Wildman–Crippen LogP) is 5.16. The normalized spacial score (nSPS) is 12.3. The summed E-state index contributed by atoms with van der Waals surface area (Å²) in [6, 6.07) is 14.1. The van der Waals surface area contributed by atoms with E-state index in [2.05, 4.69) is 36.9 Å². The van der Waals surface area contributed by atoms with Crippen LogP contribution in [0, 0.1) is 13.8 Å². The minimum atomic E-state index is -0.120. The molecule has 1 aromatic carbocycles. The van der Waals surface area contributed by atoms with Crippen LogP contribution in [0.2, 0.25) is 0 Å². The maximum atomic E-state index is 12.7. The number of H-pyrrole nitrogens is 1. The fourth-order valence-electron chi connectivity index (χ4n) is 3.67. The lowest BCUT2D eigenvalue weighted by molar-refractivity contribution is 0.711. The van der Waals surface area contributed by atoms with Gasteiger partial charge in [-0.1, -0.05) is 42.1 Å². The zero-order valence-electron chi connectivity index (χ0n) is 18.4. The maximum Gasteiger partial charge on any atom is 0.259 e. The first-order chi connectivity index (χ1) is 16.0. The van der Waals surface area contributed by atoms with Gasteiger partial charge in [-0.3, -0.25) is 14.3 Å². The molecule has 0 bridgehead atoms. The lowest BCUT2D eigenvalue weighted by Gasteiger charge is -2.13. The highest BCUT2D eigenvalue weighted by Crippen LogP contribution is 2.35. The van der Waals surface area contributed by atoms with Gasteiger partial charge in [-0.2, -0.15) is 0 Å². The summed E-state index contributed by atoms with van der Waals surface area (Å²) in [6.45, 7) is 6.63. The first-order valence-electron chi connectivity index (χ1n) is 10.6. The number of thiophene rings is 1. The van der Waals surface area contributed by atoms with Gasteiger partial charge in [0.1, 0.15) is 10.7 Å². The molecule has 4 heterocycles. The molecule has 0 saturated carbocycles. The van der Waals surface area contributed by atoms with Gasteiger partial charge < -0.3 is 4.98 Å². The van der Waals surface area contributed by atoms with Crippen LogP contribution in [-0.2, 0) is 6.54 Å². The largest absolute Gasteiger partial charge is 0.309 e. The lowest BCUT2D eigenvalue weighted by atomic mass is 10.2. The second kappa shape index (κ2) is 8.92. The highest BCUT2D eigenvalue weighted by atomic mass is 32.2. The van der Waals surface area contributed by atoms with Gasteiger partial charge in [0.05, 0.1) is 17.2 Å². The summed E-state index contributed by atoms with van der Waals surface area (Å²) in [5, 5.41) is 10.3. The summed E-state index contributed by atoms with van der Waals surface area (Å²) < 4.78 is 2.09. The minimum Gasteiger partial charge on any atom is -0.309 e. The van der Waals surface area contributed by atoms with E-state index in [1.54, 1.807) is 23.7 Å². The zero-order chi connectivity index (χ0) is 22.9. The summed E-state index contributed by atoms with van der Waals surface area (Å²) in [4.78, 5) is 26.6. The number of aromatic nitrogens is 6. The van der Waals surface area contributed by atoms with E-state index in [1.807, 2.05) is 51.1 Å². The van der Waals surface area contributed by atoms with Crippen molar-refractivity contribution in [2.24, 2.45) is 0 Å². The fourth-order valence-corrected chi connectivity index (χ4v) is 5.61. The maximum absolute atomic E-state index is 12.7. The van der Waals surface area contributed by atoms with E-state index in [4.69, 9.17) is 4.98 Å². The monoisotopic (exact) mass is 474 g/mol. The Morgan fingerprint density at radius 3 is 2.70 bits per heavy atom. The Balaban J connectivity index is 1.52. The van der Waals surface area contributed by atoms with Crippen LogP contribution in [0.25, 0.3) is 21.6 Å². The molecule has 0 radical (unpaired) electrons. The fraction of sp³-hybridized carbons (Fsp3) is 0.208. The van der Waals surface area contributed by atoms with Crippen LogP contribution in [0.1, 0.15) is 34.0 Å². The molecule has 1 atom stereocenters. The number of nitrogens with zero attached hydrogens (tertiary/aromatic N) is 5. The van der Waals surface area contributed by atoms with Gasteiger partial charge in [0.15, 0.2) is 11.0 Å². The second-order valence-corrected chi connectivity index (χ2v) is 10.3. The van der Waals surface area contributed by atoms with Crippen molar-refractivity contribution in [1.29, 1.82) is 0 Å². The number of aromatic amines is 1. The first kappa shape index (κ1) is 21.5. The quantitative estimate of drug-likeness (QED) is 0.342. The molecule has 0 aliphatic rings. The number of hydrogen-bond acceptors (Lipinski definition) is 7. The average molecular weight is 475 g/mol. The first-order valence-corrected chi connectivity index (χ1v) is 12.2. The van der Waals surface area contributed by atoms with Gasteiger partial charge in [-0.05, 0) is 44.0 Å². The topological polar surface area (TPSA) is 89.3 Å². The van der Waals surface area contributed by atoms with Crippen LogP contribution in [0.5, 0.6) is 0 Å². The number of thioether (sulfide) groups is 1. The molecule has 7 nitrogen and oxygen atoms in total. The molecule has 1 unspecified atom stereocenters. The van der Waals surface area contributed by atoms with Gasteiger partial charge in [-0.15, -0.1) is 21.5 Å². The predicted molar refractivity (Wildman–Crippen MR) is 133 cm³/mol. The Hall–Kier alpha value is -3.30. The molecule has 166 valence electrons. The van der Waals surface area contributed by atoms with Crippen molar-refractivity contribution < 1.29 is 0 Å². The van der Waals surface area contributed by atoms with E-state index in [0.29, 0.717) is 17.8 Å². The number of fused-ring (bicyclic) bond motifs is 1. The number of pyridine rings is 1. The Bertz CT molecular complexity index is 1470. The highest BCUT2D eigenvalue weighted by molar-refractivity contribution is 7.99. The molecule has 0 saturated heterocycles. The van der Waals surface area contributed by atoms with Crippen molar-refractivity contribution in [2.45, 2.75) is 37.7 Å². The molecular formula is C24H22N6OS2. The Morgan fingerprint density at radius 1 is 1.12 bits per heavy atom. The molecule has 0 amide bonds. The molecule has 9 heteroatoms. The molecule has 0 fully saturated rings. The number of aryl methyl sites for hydroxylation is 2. The van der Waals surface area contributed by atoms with Gasteiger partial charge in [-0.25, -0.2) is 4.98 Å². The summed E-state index contributed by atoms with van der Waals surface area (Å²) in [7, 11) is 0. The summed E-state index contributed by atoms with van der Waals surface area (Å²) in [5.41, 5.74) is 2.96.